The van der Waals surface area contributed by atoms with Gasteiger partial charge in [-0.1, -0.05) is 23.4 Å². The molecule has 1 aliphatic heterocycles. The van der Waals surface area contributed by atoms with Crippen LogP contribution in [0.25, 0.3) is 11.4 Å². The number of aliphatic hydroxyl groups excluding tert-OH is 1. The lowest BCUT2D eigenvalue weighted by Crippen LogP contribution is -2.20. The van der Waals surface area contributed by atoms with Crippen LogP contribution in [0.2, 0.25) is 5.02 Å². The maximum atomic E-state index is 11.6. The van der Waals surface area contributed by atoms with Gasteiger partial charge in [0.25, 0.3) is 0 Å². The summed E-state index contributed by atoms with van der Waals surface area (Å²) in [4.78, 5) is 0. The molecule has 0 amide bonds. The first-order valence-corrected chi connectivity index (χ1v) is 9.64. The van der Waals surface area contributed by atoms with E-state index in [0.29, 0.717) is 16.0 Å². The van der Waals surface area contributed by atoms with Crippen molar-refractivity contribution in [2.75, 3.05) is 11.5 Å². The fraction of sp³-hybridized carbons (Fsp3) is 0.385. The van der Waals surface area contributed by atoms with Gasteiger partial charge in [-0.2, -0.15) is 0 Å². The standard InChI is InChI=1S/C13H14ClN3O3S2/c1-17-12(8-2-4-9(14)5-3-8)15-16-13(17)21-11-7-22(19,20)6-10(11)18/h2-5,10-11,18H,6-7H2,1H3/t10-,11+/m1/s1. The third-order valence-corrected chi connectivity index (χ3v) is 7.00. The van der Waals surface area contributed by atoms with Gasteiger partial charge in [-0.05, 0) is 24.3 Å². The molecule has 3 rings (SSSR count). The van der Waals surface area contributed by atoms with Crippen molar-refractivity contribution in [3.8, 4) is 11.4 Å². The van der Waals surface area contributed by atoms with Crippen LogP contribution in [0.1, 0.15) is 0 Å². The first-order valence-electron chi connectivity index (χ1n) is 6.56. The highest BCUT2D eigenvalue weighted by atomic mass is 35.5. The van der Waals surface area contributed by atoms with Gasteiger partial charge in [-0.15, -0.1) is 10.2 Å². The molecule has 0 unspecified atom stereocenters. The second-order valence-electron chi connectivity index (χ2n) is 5.17. The first-order chi connectivity index (χ1) is 10.4. The first kappa shape index (κ1) is 15.8. The van der Waals surface area contributed by atoms with E-state index < -0.39 is 21.2 Å². The summed E-state index contributed by atoms with van der Waals surface area (Å²) in [6.45, 7) is 0. The highest BCUT2D eigenvalue weighted by molar-refractivity contribution is 8.01. The molecule has 1 aromatic carbocycles. The molecule has 1 N–H and O–H groups in total. The van der Waals surface area contributed by atoms with Crippen LogP contribution in [0.3, 0.4) is 0 Å². The molecule has 1 saturated heterocycles. The van der Waals surface area contributed by atoms with E-state index in [-0.39, 0.29) is 11.5 Å². The molecule has 2 heterocycles. The SMILES string of the molecule is Cn1c(S[C@H]2CS(=O)(=O)C[C@H]2O)nnc1-c1ccc(Cl)cc1. The van der Waals surface area contributed by atoms with Gasteiger partial charge in [0.1, 0.15) is 0 Å². The number of hydrogen-bond donors (Lipinski definition) is 1. The van der Waals surface area contributed by atoms with Gasteiger partial charge < -0.3 is 9.67 Å². The van der Waals surface area contributed by atoms with E-state index in [1.165, 1.54) is 11.8 Å². The molecule has 22 heavy (non-hydrogen) atoms. The van der Waals surface area contributed by atoms with Crippen LogP contribution >= 0.6 is 23.4 Å². The monoisotopic (exact) mass is 359 g/mol. The second kappa shape index (κ2) is 5.84. The summed E-state index contributed by atoms with van der Waals surface area (Å²) in [7, 11) is -1.36. The molecule has 2 atom stereocenters. The molecular formula is C13H14ClN3O3S2. The third-order valence-electron chi connectivity index (χ3n) is 3.47. The Kier molecular flexibility index (Phi) is 4.19. The zero-order valence-electron chi connectivity index (χ0n) is 11.7. The lowest BCUT2D eigenvalue weighted by molar-refractivity contribution is 0.207. The predicted molar refractivity (Wildman–Crippen MR) is 85.8 cm³/mol. The minimum atomic E-state index is -3.17. The average Bonchev–Trinajstić information content (AvgIpc) is 2.92. The molecule has 1 aromatic heterocycles. The lowest BCUT2D eigenvalue weighted by Gasteiger charge is -2.11. The van der Waals surface area contributed by atoms with Crippen molar-refractivity contribution in [3.63, 3.8) is 0 Å². The smallest absolute Gasteiger partial charge is 0.191 e. The minimum Gasteiger partial charge on any atom is -0.391 e. The molecule has 2 aromatic rings. The summed E-state index contributed by atoms with van der Waals surface area (Å²) >= 11 is 7.11. The highest BCUT2D eigenvalue weighted by Crippen LogP contribution is 2.31. The molecular weight excluding hydrogens is 346 g/mol. The molecule has 0 aliphatic carbocycles. The normalized spacial score (nSPS) is 23.8. The molecule has 6 nitrogen and oxygen atoms in total. The van der Waals surface area contributed by atoms with Gasteiger partial charge in [0.15, 0.2) is 20.8 Å². The summed E-state index contributed by atoms with van der Waals surface area (Å²) in [6, 6.07) is 7.22. The van der Waals surface area contributed by atoms with Crippen molar-refractivity contribution in [1.29, 1.82) is 0 Å². The Morgan fingerprint density at radius 3 is 2.55 bits per heavy atom. The number of sulfone groups is 1. The topological polar surface area (TPSA) is 85.1 Å². The zero-order valence-corrected chi connectivity index (χ0v) is 14.1. The molecule has 0 saturated carbocycles. The Hall–Kier alpha value is -1.09. The number of hydrogen-bond acceptors (Lipinski definition) is 6. The molecule has 1 aliphatic rings. The molecule has 1 fully saturated rings. The Bertz CT molecular complexity index is 789. The van der Waals surface area contributed by atoms with E-state index in [2.05, 4.69) is 10.2 Å². The number of nitrogens with zero attached hydrogens (tertiary/aromatic N) is 3. The average molecular weight is 360 g/mol. The fourth-order valence-electron chi connectivity index (χ4n) is 2.31. The van der Waals surface area contributed by atoms with Crippen LogP contribution in [-0.4, -0.2) is 51.1 Å². The van der Waals surface area contributed by atoms with Crippen LogP contribution in [0, 0.1) is 0 Å². The van der Waals surface area contributed by atoms with Gasteiger partial charge >= 0.3 is 0 Å². The summed E-state index contributed by atoms with van der Waals surface area (Å²) in [5, 5.41) is 18.9. The second-order valence-corrected chi connectivity index (χ2v) is 8.97. The Labute approximate surface area is 137 Å². The summed E-state index contributed by atoms with van der Waals surface area (Å²) in [5.41, 5.74) is 0.867. The van der Waals surface area contributed by atoms with E-state index in [1.54, 1.807) is 16.7 Å². The molecule has 118 valence electrons. The fourth-order valence-corrected chi connectivity index (χ4v) is 5.92. The van der Waals surface area contributed by atoms with Gasteiger partial charge in [-0.3, -0.25) is 0 Å². The lowest BCUT2D eigenvalue weighted by atomic mass is 10.2. The van der Waals surface area contributed by atoms with E-state index >= 15 is 0 Å². The van der Waals surface area contributed by atoms with E-state index in [4.69, 9.17) is 11.6 Å². The van der Waals surface area contributed by atoms with Gasteiger partial charge in [0.2, 0.25) is 0 Å². The summed E-state index contributed by atoms with van der Waals surface area (Å²) in [6.07, 6.45) is -0.870. The molecule has 0 spiro atoms. The number of rotatable bonds is 3. The Balaban J connectivity index is 1.84. The van der Waals surface area contributed by atoms with Crippen molar-refractivity contribution in [1.82, 2.24) is 14.8 Å². The van der Waals surface area contributed by atoms with Crippen molar-refractivity contribution >= 4 is 33.2 Å². The van der Waals surface area contributed by atoms with Gasteiger partial charge in [0, 0.05) is 17.6 Å². The van der Waals surface area contributed by atoms with Crippen molar-refractivity contribution < 1.29 is 13.5 Å². The number of benzene rings is 1. The summed E-state index contributed by atoms with van der Waals surface area (Å²) < 4.78 is 24.9. The highest BCUT2D eigenvalue weighted by Gasteiger charge is 2.38. The van der Waals surface area contributed by atoms with Gasteiger partial charge in [0.05, 0.1) is 22.9 Å². The Morgan fingerprint density at radius 1 is 1.27 bits per heavy atom. The van der Waals surface area contributed by atoms with Crippen molar-refractivity contribution in [3.05, 3.63) is 29.3 Å². The van der Waals surface area contributed by atoms with E-state index in [1.807, 2.05) is 19.2 Å². The zero-order chi connectivity index (χ0) is 15.9. The molecule has 9 heteroatoms. The number of thioether (sulfide) groups is 1. The van der Waals surface area contributed by atoms with Crippen molar-refractivity contribution in [2.24, 2.45) is 7.05 Å². The largest absolute Gasteiger partial charge is 0.391 e. The van der Waals surface area contributed by atoms with Crippen LogP contribution in [-0.2, 0) is 16.9 Å². The quantitative estimate of drug-likeness (QED) is 0.891. The van der Waals surface area contributed by atoms with Crippen molar-refractivity contribution in [2.45, 2.75) is 16.5 Å². The number of aromatic nitrogens is 3. The van der Waals surface area contributed by atoms with Crippen LogP contribution < -0.4 is 0 Å². The number of aliphatic hydroxyl groups is 1. The minimum absolute atomic E-state index is 0.0397. The molecule has 0 radical (unpaired) electrons. The maximum Gasteiger partial charge on any atom is 0.191 e. The maximum absolute atomic E-state index is 11.6. The van der Waals surface area contributed by atoms with E-state index in [0.717, 1.165) is 5.56 Å². The van der Waals surface area contributed by atoms with E-state index in [9.17, 15) is 13.5 Å². The Morgan fingerprint density at radius 2 is 1.95 bits per heavy atom. The van der Waals surface area contributed by atoms with Crippen LogP contribution in [0.15, 0.2) is 29.4 Å². The number of halogens is 1. The van der Waals surface area contributed by atoms with Crippen LogP contribution in [0.4, 0.5) is 0 Å². The summed E-state index contributed by atoms with van der Waals surface area (Å²) in [5.74, 6) is 0.434. The van der Waals surface area contributed by atoms with Gasteiger partial charge in [-0.25, -0.2) is 8.42 Å². The predicted octanol–water partition coefficient (Wildman–Crippen LogP) is 1.39. The third kappa shape index (κ3) is 3.15. The van der Waals surface area contributed by atoms with Crippen LogP contribution in [0.5, 0.6) is 0 Å². The molecule has 0 bridgehead atoms.